The van der Waals surface area contributed by atoms with Crippen molar-refractivity contribution in [2.45, 2.75) is 85.4 Å². The quantitative estimate of drug-likeness (QED) is 0.145. The highest BCUT2D eigenvalue weighted by atomic mass is 16.6. The highest BCUT2D eigenvalue weighted by Crippen LogP contribution is 2.36. The van der Waals surface area contributed by atoms with Crippen molar-refractivity contribution in [3.05, 3.63) is 111 Å². The molecule has 9 nitrogen and oxygen atoms in total. The van der Waals surface area contributed by atoms with Gasteiger partial charge in [-0.05, 0) is 112 Å². The molecule has 1 aromatic heterocycles. The van der Waals surface area contributed by atoms with Crippen molar-refractivity contribution in [3.63, 3.8) is 0 Å². The average Bonchev–Trinajstić information content (AvgIpc) is 3.49. The van der Waals surface area contributed by atoms with E-state index in [-0.39, 0.29) is 17.9 Å². The highest BCUT2D eigenvalue weighted by molar-refractivity contribution is 6.03. The minimum atomic E-state index is -0.441. The summed E-state index contributed by atoms with van der Waals surface area (Å²) in [5.41, 5.74) is 8.97. The molecule has 0 N–H and O–H groups in total. The molecule has 0 aliphatic carbocycles. The molecule has 0 unspecified atom stereocenters. The molecule has 9 heteroatoms. The summed E-state index contributed by atoms with van der Waals surface area (Å²) in [7, 11) is 5.92. The number of hydrogen-bond acceptors (Lipinski definition) is 5. The van der Waals surface area contributed by atoms with Crippen LogP contribution in [-0.2, 0) is 33.0 Å². The van der Waals surface area contributed by atoms with Gasteiger partial charge in [0.25, 0.3) is 11.8 Å². The minimum absolute atomic E-state index is 0.00549. The fourth-order valence-electron chi connectivity index (χ4n) is 7.72. The molecule has 0 bridgehead atoms. The second kappa shape index (κ2) is 18.1. The third-order valence-corrected chi connectivity index (χ3v) is 11.2. The van der Waals surface area contributed by atoms with E-state index in [1.54, 1.807) is 17.0 Å². The Hall–Kier alpha value is -5.33. The first-order valence-electron chi connectivity index (χ1n) is 20.2. The zero-order valence-corrected chi connectivity index (χ0v) is 34.3. The van der Waals surface area contributed by atoms with Gasteiger partial charge in [0.1, 0.15) is 5.75 Å². The predicted molar refractivity (Wildman–Crippen MR) is 223 cm³/mol. The van der Waals surface area contributed by atoms with Crippen LogP contribution >= 0.6 is 0 Å². The van der Waals surface area contributed by atoms with Crippen molar-refractivity contribution in [1.29, 1.82) is 0 Å². The van der Waals surface area contributed by atoms with Crippen LogP contribution in [0.25, 0.3) is 11.3 Å². The number of aromatic nitrogens is 1. The first-order valence-corrected chi connectivity index (χ1v) is 20.2. The zero-order chi connectivity index (χ0) is 39.9. The largest absolute Gasteiger partial charge is 0.415 e. The molecule has 3 heterocycles. The van der Waals surface area contributed by atoms with Crippen LogP contribution in [0, 0.1) is 18.8 Å². The third-order valence-electron chi connectivity index (χ3n) is 11.2. The Kier molecular flexibility index (Phi) is 13.0. The van der Waals surface area contributed by atoms with Crippen molar-refractivity contribution in [1.82, 2.24) is 24.2 Å². The smallest absolute Gasteiger partial charge is 0.410 e. The van der Waals surface area contributed by atoms with Gasteiger partial charge in [0.2, 0.25) is 0 Å². The normalized spacial score (nSPS) is 14.8. The number of ether oxygens (including phenoxy) is 1. The Morgan fingerprint density at radius 2 is 1.59 bits per heavy atom. The molecule has 0 radical (unpaired) electrons. The van der Waals surface area contributed by atoms with E-state index in [9.17, 15) is 14.4 Å². The number of nitrogens with zero attached hydrogens (tertiary/aromatic N) is 5. The zero-order valence-electron chi connectivity index (χ0n) is 34.3. The van der Waals surface area contributed by atoms with Crippen LogP contribution in [0.5, 0.6) is 5.75 Å². The maximum Gasteiger partial charge on any atom is 0.415 e. The molecule has 0 saturated heterocycles. The van der Waals surface area contributed by atoms with Crippen LogP contribution in [0.1, 0.15) is 101 Å². The summed E-state index contributed by atoms with van der Waals surface area (Å²) in [6.45, 7) is 11.8. The van der Waals surface area contributed by atoms with E-state index in [4.69, 9.17) is 4.74 Å². The summed E-state index contributed by atoms with van der Waals surface area (Å²) in [6, 6.07) is 21.7. The van der Waals surface area contributed by atoms with Crippen molar-refractivity contribution >= 4 is 17.9 Å². The summed E-state index contributed by atoms with van der Waals surface area (Å²) in [5.74, 6) is 6.68. The van der Waals surface area contributed by atoms with Gasteiger partial charge in [0.15, 0.2) is 0 Å². The van der Waals surface area contributed by atoms with Gasteiger partial charge < -0.3 is 24.0 Å². The minimum Gasteiger partial charge on any atom is -0.410 e. The maximum atomic E-state index is 14.9. The molecule has 3 aromatic carbocycles. The Morgan fingerprint density at radius 3 is 2.30 bits per heavy atom. The molecular formula is C47H57N5O4. The summed E-state index contributed by atoms with van der Waals surface area (Å²) in [5, 5.41) is 0. The second-order valence-electron chi connectivity index (χ2n) is 15.6. The monoisotopic (exact) mass is 755 g/mol. The van der Waals surface area contributed by atoms with E-state index in [0.717, 1.165) is 84.4 Å². The highest BCUT2D eigenvalue weighted by Gasteiger charge is 2.33. The van der Waals surface area contributed by atoms with Gasteiger partial charge >= 0.3 is 6.09 Å². The van der Waals surface area contributed by atoms with Gasteiger partial charge in [-0.2, -0.15) is 0 Å². The van der Waals surface area contributed by atoms with E-state index in [1.807, 2.05) is 73.1 Å². The van der Waals surface area contributed by atoms with Crippen molar-refractivity contribution in [2.75, 3.05) is 40.3 Å². The summed E-state index contributed by atoms with van der Waals surface area (Å²) in [6.07, 6.45) is 4.89. The standard InChI is InChI=1S/C47H57N5O4/c1-8-10-23-50(24-11-9-2)45(53)41-30-44(49(7)34(41)4)42-28-37-21-25-51(47(55)56-40-20-14-16-35(27-40)17-15-22-48(5)6)31-39(37)29-43(42)46(54)52-32-38-19-13-12-18-36(38)26-33(52)3/h12-14,16,18-20,27-30,33H,8-11,21-26,31-32H2,1-7H3/t33-/m1/s1. The molecule has 1 atom stereocenters. The summed E-state index contributed by atoms with van der Waals surface area (Å²) >= 11 is 0. The Bertz CT molecular complexity index is 2130. The van der Waals surface area contributed by atoms with Crippen LogP contribution < -0.4 is 4.74 Å². The lowest BCUT2D eigenvalue weighted by Crippen LogP contribution is -2.43. The van der Waals surface area contributed by atoms with E-state index in [1.165, 1.54) is 5.56 Å². The number of amides is 3. The van der Waals surface area contributed by atoms with E-state index >= 15 is 0 Å². The van der Waals surface area contributed by atoms with Crippen LogP contribution in [-0.4, -0.2) is 88.4 Å². The van der Waals surface area contributed by atoms with Crippen molar-refractivity contribution in [3.8, 4) is 28.8 Å². The first kappa shape index (κ1) is 40.3. The summed E-state index contributed by atoms with van der Waals surface area (Å²) in [4.78, 5) is 50.3. The van der Waals surface area contributed by atoms with Crippen molar-refractivity contribution in [2.24, 2.45) is 7.05 Å². The van der Waals surface area contributed by atoms with E-state index in [2.05, 4.69) is 61.4 Å². The van der Waals surface area contributed by atoms with Gasteiger partial charge in [-0.1, -0.05) is 68.9 Å². The topological polar surface area (TPSA) is 78.3 Å². The van der Waals surface area contributed by atoms with Gasteiger partial charge in [0, 0.05) is 73.9 Å². The number of benzene rings is 3. The molecule has 0 spiro atoms. The molecule has 2 aliphatic rings. The molecule has 4 aromatic rings. The van der Waals surface area contributed by atoms with Crippen LogP contribution in [0.2, 0.25) is 0 Å². The van der Waals surface area contributed by atoms with Gasteiger partial charge in [-0.15, -0.1) is 0 Å². The molecule has 0 saturated carbocycles. The van der Waals surface area contributed by atoms with Crippen molar-refractivity contribution < 1.29 is 19.1 Å². The SMILES string of the molecule is CCCCN(CCCC)C(=O)c1cc(-c2cc3c(cc2C(=O)N2Cc4ccccc4C[C@H]2C)CN(C(=O)Oc2cccc(C#CCN(C)C)c2)CC3)n(C)c1C. The number of rotatable bonds is 11. The number of unbranched alkanes of at least 4 members (excludes halogenated alkanes) is 2. The summed E-state index contributed by atoms with van der Waals surface area (Å²) < 4.78 is 7.93. The number of carbonyl (C=O) groups excluding carboxylic acids is 3. The molecule has 2 aliphatic heterocycles. The molecule has 294 valence electrons. The lowest BCUT2D eigenvalue weighted by Gasteiger charge is -2.36. The van der Waals surface area contributed by atoms with Crippen LogP contribution in [0.15, 0.2) is 66.7 Å². The fourth-order valence-corrected chi connectivity index (χ4v) is 7.72. The molecule has 6 rings (SSSR count). The van der Waals surface area contributed by atoms with Crippen LogP contribution in [0.3, 0.4) is 0 Å². The third kappa shape index (κ3) is 9.03. The fraction of sp³-hybridized carbons (Fsp3) is 0.426. The lowest BCUT2D eigenvalue weighted by atomic mass is 9.90. The number of carbonyl (C=O) groups is 3. The Morgan fingerprint density at radius 1 is 0.857 bits per heavy atom. The Balaban J connectivity index is 1.34. The van der Waals surface area contributed by atoms with E-state index < -0.39 is 6.09 Å². The number of fused-ring (bicyclic) bond motifs is 2. The van der Waals surface area contributed by atoms with Gasteiger partial charge in [-0.25, -0.2) is 4.79 Å². The Labute approximate surface area is 333 Å². The number of hydrogen-bond donors (Lipinski definition) is 0. The maximum absolute atomic E-state index is 14.9. The molecule has 0 fully saturated rings. The van der Waals surface area contributed by atoms with E-state index in [0.29, 0.717) is 49.5 Å². The van der Waals surface area contributed by atoms with Gasteiger partial charge in [0.05, 0.1) is 12.1 Å². The first-order chi connectivity index (χ1) is 27.0. The second-order valence-corrected chi connectivity index (χ2v) is 15.6. The average molecular weight is 756 g/mol. The molecular weight excluding hydrogens is 699 g/mol. The molecule has 56 heavy (non-hydrogen) atoms. The lowest BCUT2D eigenvalue weighted by molar-refractivity contribution is 0.0658. The van der Waals surface area contributed by atoms with Crippen LogP contribution in [0.4, 0.5) is 4.79 Å². The van der Waals surface area contributed by atoms with Gasteiger partial charge in [-0.3, -0.25) is 14.5 Å². The molecule has 3 amide bonds. The predicted octanol–water partition coefficient (Wildman–Crippen LogP) is 8.10.